The van der Waals surface area contributed by atoms with E-state index in [0.717, 1.165) is 26.2 Å². The van der Waals surface area contributed by atoms with Crippen LogP contribution in [0.4, 0.5) is 0 Å². The van der Waals surface area contributed by atoms with Gasteiger partial charge in [-0.15, -0.1) is 0 Å². The fraction of sp³-hybridized carbons (Fsp3) is 0.650. The first kappa shape index (κ1) is 24.1. The van der Waals surface area contributed by atoms with Crippen molar-refractivity contribution in [2.75, 3.05) is 39.8 Å². The number of nitrogens with one attached hydrogen (secondary N) is 2. The third-order valence-electron chi connectivity index (χ3n) is 5.13. The summed E-state index contributed by atoms with van der Waals surface area (Å²) in [6, 6.07) is 4.16. The number of nitrogens with zero attached hydrogens (tertiary/aromatic N) is 2. The molecule has 0 spiro atoms. The van der Waals surface area contributed by atoms with Crippen LogP contribution in [0.5, 0.6) is 0 Å². The Bertz CT molecular complexity index is 806. The van der Waals surface area contributed by atoms with Gasteiger partial charge in [-0.25, -0.2) is 13.1 Å². The van der Waals surface area contributed by atoms with Crippen molar-refractivity contribution >= 4 is 27.5 Å². The molecule has 7 nitrogen and oxygen atoms in total. The maximum absolute atomic E-state index is 12.8. The number of piperazine rings is 1. The molecule has 2 N–H and O–H groups in total. The summed E-state index contributed by atoms with van der Waals surface area (Å²) in [4.78, 5) is 17.5. The summed E-state index contributed by atoms with van der Waals surface area (Å²) in [5.74, 6) is 0.00695. The molecule has 0 aromatic heterocycles. The molecule has 0 saturated carbocycles. The van der Waals surface area contributed by atoms with Crippen LogP contribution in [0.1, 0.15) is 38.1 Å². The molecule has 1 aromatic rings. The van der Waals surface area contributed by atoms with E-state index in [2.05, 4.69) is 40.7 Å². The average molecular weight is 445 g/mol. The highest BCUT2D eigenvalue weighted by Gasteiger charge is 2.26. The molecule has 1 aromatic carbocycles. The maximum Gasteiger partial charge on any atom is 0.252 e. The quantitative estimate of drug-likeness (QED) is 0.641. The predicted octanol–water partition coefficient (Wildman–Crippen LogP) is 2.03. The van der Waals surface area contributed by atoms with Crippen molar-refractivity contribution in [2.24, 2.45) is 5.92 Å². The molecular weight excluding hydrogens is 412 g/mol. The van der Waals surface area contributed by atoms with Crippen LogP contribution in [0.25, 0.3) is 0 Å². The molecule has 1 fully saturated rings. The van der Waals surface area contributed by atoms with Gasteiger partial charge in [0.05, 0.1) is 15.5 Å². The lowest BCUT2D eigenvalue weighted by Gasteiger charge is -2.39. The molecule has 0 bridgehead atoms. The topological polar surface area (TPSA) is 81.7 Å². The minimum Gasteiger partial charge on any atom is -0.350 e. The van der Waals surface area contributed by atoms with Gasteiger partial charge in [0.15, 0.2) is 0 Å². The molecule has 29 heavy (non-hydrogen) atoms. The van der Waals surface area contributed by atoms with Crippen molar-refractivity contribution in [1.29, 1.82) is 0 Å². The molecule has 164 valence electrons. The Labute approximate surface area is 179 Å². The van der Waals surface area contributed by atoms with Crippen molar-refractivity contribution in [3.63, 3.8) is 0 Å². The van der Waals surface area contributed by atoms with Gasteiger partial charge >= 0.3 is 0 Å². The van der Waals surface area contributed by atoms with Crippen LogP contribution in [0.3, 0.4) is 0 Å². The summed E-state index contributed by atoms with van der Waals surface area (Å²) in [5, 5.41) is 3.18. The molecule has 1 aliphatic heterocycles. The smallest absolute Gasteiger partial charge is 0.252 e. The largest absolute Gasteiger partial charge is 0.350 e. The number of carbonyl (C=O) groups excluding carboxylic acids is 1. The number of sulfonamides is 1. The first-order chi connectivity index (χ1) is 13.5. The van der Waals surface area contributed by atoms with Gasteiger partial charge in [-0.3, -0.25) is 9.69 Å². The summed E-state index contributed by atoms with van der Waals surface area (Å²) in [6.45, 7) is 12.2. The van der Waals surface area contributed by atoms with Gasteiger partial charge in [0.25, 0.3) is 5.91 Å². The molecule has 1 amide bonds. The van der Waals surface area contributed by atoms with E-state index >= 15 is 0 Å². The zero-order valence-corrected chi connectivity index (χ0v) is 19.5. The van der Waals surface area contributed by atoms with Gasteiger partial charge in [-0.05, 0) is 45.0 Å². The second kappa shape index (κ2) is 10.2. The number of rotatable bonds is 8. The molecular formula is C20H33ClN4O3S. The number of carbonyl (C=O) groups is 1. The molecule has 0 radical (unpaired) electrons. The first-order valence-electron chi connectivity index (χ1n) is 10.0. The summed E-state index contributed by atoms with van der Waals surface area (Å²) < 4.78 is 27.4. The maximum atomic E-state index is 12.8. The average Bonchev–Trinajstić information content (AvgIpc) is 2.62. The van der Waals surface area contributed by atoms with Crippen molar-refractivity contribution < 1.29 is 13.2 Å². The molecule has 1 atom stereocenters. The highest BCUT2D eigenvalue weighted by Crippen LogP contribution is 2.21. The Morgan fingerprint density at radius 1 is 1.14 bits per heavy atom. The van der Waals surface area contributed by atoms with Crippen LogP contribution in [0, 0.1) is 5.92 Å². The van der Waals surface area contributed by atoms with Gasteiger partial charge in [0, 0.05) is 44.8 Å². The van der Waals surface area contributed by atoms with Gasteiger partial charge in [-0.2, -0.15) is 0 Å². The van der Waals surface area contributed by atoms with Crippen LogP contribution in [0.2, 0.25) is 5.02 Å². The summed E-state index contributed by atoms with van der Waals surface area (Å²) >= 11 is 6.20. The van der Waals surface area contributed by atoms with E-state index < -0.39 is 10.0 Å². The number of amides is 1. The zero-order chi connectivity index (χ0) is 21.8. The van der Waals surface area contributed by atoms with E-state index in [9.17, 15) is 13.2 Å². The first-order valence-corrected chi connectivity index (χ1v) is 11.9. The molecule has 9 heteroatoms. The number of hydrogen-bond donors (Lipinski definition) is 2. The fourth-order valence-corrected chi connectivity index (χ4v) is 4.94. The second-order valence-electron chi connectivity index (χ2n) is 8.28. The van der Waals surface area contributed by atoms with E-state index in [1.165, 1.54) is 18.2 Å². The molecule has 1 unspecified atom stereocenters. The monoisotopic (exact) mass is 444 g/mol. The van der Waals surface area contributed by atoms with Crippen LogP contribution >= 0.6 is 11.6 Å². The Morgan fingerprint density at radius 2 is 1.76 bits per heavy atom. The van der Waals surface area contributed by atoms with Crippen molar-refractivity contribution in [3.8, 4) is 0 Å². The third kappa shape index (κ3) is 6.65. The molecule has 1 heterocycles. The second-order valence-corrected chi connectivity index (χ2v) is 10.4. The lowest BCUT2D eigenvalue weighted by molar-refractivity contribution is 0.0791. The minimum atomic E-state index is -3.70. The molecule has 0 aliphatic carbocycles. The Kier molecular flexibility index (Phi) is 8.48. The SMILES string of the molecule is CC(C)NS(=O)(=O)c1ccc(Cl)c(C(=O)NCC(C(C)C)N2CCN(C)CC2)c1. The number of hydrogen-bond acceptors (Lipinski definition) is 5. The minimum absolute atomic E-state index is 0.0280. The fourth-order valence-electron chi connectivity index (χ4n) is 3.46. The van der Waals surface area contributed by atoms with Gasteiger partial charge in [0.1, 0.15) is 0 Å². The molecule has 2 rings (SSSR count). The van der Waals surface area contributed by atoms with Crippen LogP contribution in [0.15, 0.2) is 23.1 Å². The zero-order valence-electron chi connectivity index (χ0n) is 17.9. The standard InChI is InChI=1S/C20H33ClN4O3S/c1-14(2)19(25-10-8-24(5)9-11-25)13-22-20(26)17-12-16(6-7-18(17)21)29(27,28)23-15(3)4/h6-7,12,14-15,19,23H,8-11,13H2,1-5H3,(H,22,26). The highest BCUT2D eigenvalue weighted by molar-refractivity contribution is 7.89. The van der Waals surface area contributed by atoms with Gasteiger partial charge < -0.3 is 10.2 Å². The van der Waals surface area contributed by atoms with Gasteiger partial charge in [-0.1, -0.05) is 25.4 Å². The van der Waals surface area contributed by atoms with Crippen molar-refractivity contribution in [2.45, 2.75) is 44.7 Å². The normalized spacial score (nSPS) is 17.7. The summed E-state index contributed by atoms with van der Waals surface area (Å²) in [6.07, 6.45) is 0. The number of likely N-dealkylation sites (N-methyl/N-ethyl adjacent to an activating group) is 1. The van der Waals surface area contributed by atoms with Crippen molar-refractivity contribution in [1.82, 2.24) is 19.8 Å². The molecule has 1 aliphatic rings. The third-order valence-corrected chi connectivity index (χ3v) is 7.12. The number of halogens is 1. The summed E-state index contributed by atoms with van der Waals surface area (Å²) in [7, 11) is -1.59. The summed E-state index contributed by atoms with van der Waals surface area (Å²) in [5.41, 5.74) is 0.166. The van der Waals surface area contributed by atoms with E-state index in [1.807, 2.05) is 0 Å². The predicted molar refractivity (Wildman–Crippen MR) is 117 cm³/mol. The highest BCUT2D eigenvalue weighted by atomic mass is 35.5. The van der Waals surface area contributed by atoms with E-state index in [-0.39, 0.29) is 33.5 Å². The lowest BCUT2D eigenvalue weighted by atomic mass is 10.0. The Hall–Kier alpha value is -1.19. The van der Waals surface area contributed by atoms with E-state index in [4.69, 9.17) is 11.6 Å². The van der Waals surface area contributed by atoms with E-state index in [0.29, 0.717) is 12.5 Å². The van der Waals surface area contributed by atoms with Crippen LogP contribution in [-0.2, 0) is 10.0 Å². The molecule has 1 saturated heterocycles. The Morgan fingerprint density at radius 3 is 2.31 bits per heavy atom. The van der Waals surface area contributed by atoms with Crippen molar-refractivity contribution in [3.05, 3.63) is 28.8 Å². The van der Waals surface area contributed by atoms with Crippen LogP contribution < -0.4 is 10.0 Å². The van der Waals surface area contributed by atoms with Crippen LogP contribution in [-0.4, -0.2) is 76.0 Å². The van der Waals surface area contributed by atoms with E-state index in [1.54, 1.807) is 13.8 Å². The van der Waals surface area contributed by atoms with Gasteiger partial charge in [0.2, 0.25) is 10.0 Å². The number of benzene rings is 1. The lowest BCUT2D eigenvalue weighted by Crippen LogP contribution is -2.54. The Balaban J connectivity index is 2.12.